The molecule has 0 atom stereocenters. The Hall–Kier alpha value is -3.89. The second-order valence-corrected chi connectivity index (χ2v) is 7.66. The number of hydrogen-bond acceptors (Lipinski definition) is 5. The van der Waals surface area contributed by atoms with Gasteiger partial charge in [-0.1, -0.05) is 30.3 Å². The van der Waals surface area contributed by atoms with Gasteiger partial charge in [-0.25, -0.2) is 4.39 Å². The van der Waals surface area contributed by atoms with Crippen LogP contribution in [-0.4, -0.2) is 37.2 Å². The van der Waals surface area contributed by atoms with Gasteiger partial charge in [0.05, 0.1) is 16.9 Å². The number of phenolic OH excluding ortho intramolecular Hbond substituents is 1. The first-order valence-electron chi connectivity index (χ1n) is 10.4. The van der Waals surface area contributed by atoms with E-state index in [9.17, 15) is 19.6 Å². The summed E-state index contributed by atoms with van der Waals surface area (Å²) in [6.07, 6.45) is 0. The Bertz CT molecular complexity index is 1210. The Labute approximate surface area is 185 Å². The average molecular weight is 430 g/mol. The second-order valence-electron chi connectivity index (χ2n) is 7.66. The highest BCUT2D eigenvalue weighted by Gasteiger charge is 2.18. The van der Waals surface area contributed by atoms with E-state index in [0.29, 0.717) is 22.3 Å². The third-order valence-corrected chi connectivity index (χ3v) is 5.51. The van der Waals surface area contributed by atoms with Gasteiger partial charge in [-0.05, 0) is 35.4 Å². The minimum absolute atomic E-state index is 0.0233. The van der Waals surface area contributed by atoms with Crippen LogP contribution in [0.1, 0.15) is 12.5 Å². The molecule has 1 aliphatic heterocycles. The number of amides is 1. The largest absolute Gasteiger partial charge is 0.507 e. The van der Waals surface area contributed by atoms with E-state index in [0.717, 1.165) is 37.4 Å². The highest BCUT2D eigenvalue weighted by atomic mass is 19.1. The van der Waals surface area contributed by atoms with E-state index in [4.69, 9.17) is 0 Å². The lowest BCUT2D eigenvalue weighted by Gasteiger charge is -2.30. The quantitative estimate of drug-likeness (QED) is 0.580. The normalized spacial score (nSPS) is 13.5. The van der Waals surface area contributed by atoms with Crippen molar-refractivity contribution in [2.45, 2.75) is 6.92 Å². The number of anilines is 2. The van der Waals surface area contributed by atoms with E-state index in [1.54, 1.807) is 30.3 Å². The fourth-order valence-corrected chi connectivity index (χ4v) is 3.94. The molecular weight excluding hydrogens is 407 g/mol. The van der Waals surface area contributed by atoms with E-state index in [1.165, 1.54) is 19.1 Å². The molecule has 1 saturated heterocycles. The lowest BCUT2D eigenvalue weighted by Crippen LogP contribution is -2.43. The molecule has 1 heterocycles. The molecule has 0 aliphatic carbocycles. The zero-order chi connectivity index (χ0) is 22.7. The maximum Gasteiger partial charge on any atom is 0.221 e. The van der Waals surface area contributed by atoms with Gasteiger partial charge in [0.25, 0.3) is 0 Å². The summed E-state index contributed by atoms with van der Waals surface area (Å²) in [5.74, 6) is -0.917. The molecule has 3 aromatic rings. The summed E-state index contributed by atoms with van der Waals surface area (Å²) in [5.41, 5.74) is 3.84. The first-order chi connectivity index (χ1) is 15.5. The molecule has 1 amide bonds. The molecular formula is C25H23FN4O2. The van der Waals surface area contributed by atoms with Crippen molar-refractivity contribution >= 4 is 17.3 Å². The molecule has 0 saturated carbocycles. The number of nitrogens with zero attached hydrogens (tertiary/aromatic N) is 2. The fraction of sp³-hybridized carbons (Fsp3) is 0.200. The molecule has 162 valence electrons. The fourth-order valence-electron chi connectivity index (χ4n) is 3.94. The van der Waals surface area contributed by atoms with Gasteiger partial charge in [-0.15, -0.1) is 0 Å². The van der Waals surface area contributed by atoms with E-state index in [-0.39, 0.29) is 17.3 Å². The standard InChI is InChI=1S/C25H23FN4O2/c1-16(31)29-23-8-7-17(13-22(23)26)20-3-2-4-21(25(20)32)18-5-6-19(15-27)24(14-18)30-11-9-28-10-12-30/h2-8,13-14,28,32H,9-12H2,1H3,(H,29,31). The van der Waals surface area contributed by atoms with Crippen molar-refractivity contribution in [3.05, 3.63) is 66.0 Å². The number of para-hydroxylation sites is 1. The van der Waals surface area contributed by atoms with Crippen LogP contribution in [0.25, 0.3) is 22.3 Å². The summed E-state index contributed by atoms with van der Waals surface area (Å²) in [7, 11) is 0. The number of aromatic hydroxyl groups is 1. The Morgan fingerprint density at radius 2 is 1.75 bits per heavy atom. The third kappa shape index (κ3) is 4.27. The van der Waals surface area contributed by atoms with Crippen LogP contribution >= 0.6 is 0 Å². The van der Waals surface area contributed by atoms with Crippen molar-refractivity contribution in [2.24, 2.45) is 0 Å². The van der Waals surface area contributed by atoms with Crippen molar-refractivity contribution in [1.29, 1.82) is 5.26 Å². The Morgan fingerprint density at radius 3 is 2.38 bits per heavy atom. The predicted molar refractivity (Wildman–Crippen MR) is 123 cm³/mol. The minimum atomic E-state index is -0.582. The van der Waals surface area contributed by atoms with Crippen LogP contribution in [0, 0.1) is 17.1 Å². The molecule has 7 heteroatoms. The lowest BCUT2D eigenvalue weighted by molar-refractivity contribution is -0.114. The maximum absolute atomic E-state index is 14.5. The number of nitriles is 1. The summed E-state index contributed by atoms with van der Waals surface area (Å²) in [4.78, 5) is 13.4. The molecule has 0 aromatic heterocycles. The number of hydrogen-bond donors (Lipinski definition) is 3. The summed E-state index contributed by atoms with van der Waals surface area (Å²) < 4.78 is 14.5. The monoisotopic (exact) mass is 430 g/mol. The molecule has 0 radical (unpaired) electrons. The topological polar surface area (TPSA) is 88.4 Å². The second kappa shape index (κ2) is 9.08. The van der Waals surface area contributed by atoms with Crippen molar-refractivity contribution in [1.82, 2.24) is 5.32 Å². The lowest BCUT2D eigenvalue weighted by atomic mass is 9.95. The van der Waals surface area contributed by atoms with Gasteiger partial charge < -0.3 is 20.6 Å². The summed E-state index contributed by atoms with van der Waals surface area (Å²) >= 11 is 0. The first-order valence-corrected chi connectivity index (χ1v) is 10.4. The van der Waals surface area contributed by atoms with Crippen LogP contribution in [0.2, 0.25) is 0 Å². The number of halogens is 1. The van der Waals surface area contributed by atoms with Crippen LogP contribution in [-0.2, 0) is 4.79 Å². The van der Waals surface area contributed by atoms with Gasteiger partial charge in [-0.3, -0.25) is 4.79 Å². The Balaban J connectivity index is 1.74. The highest BCUT2D eigenvalue weighted by Crippen LogP contribution is 2.40. The smallest absolute Gasteiger partial charge is 0.221 e. The zero-order valence-electron chi connectivity index (χ0n) is 17.7. The van der Waals surface area contributed by atoms with Crippen LogP contribution < -0.4 is 15.5 Å². The van der Waals surface area contributed by atoms with E-state index >= 15 is 0 Å². The van der Waals surface area contributed by atoms with Crippen molar-refractivity contribution in [3.8, 4) is 34.1 Å². The number of rotatable bonds is 4. The molecule has 0 spiro atoms. The molecule has 1 aliphatic rings. The maximum atomic E-state index is 14.5. The Kier molecular flexibility index (Phi) is 6.06. The van der Waals surface area contributed by atoms with Gasteiger partial charge >= 0.3 is 0 Å². The van der Waals surface area contributed by atoms with Gasteiger partial charge in [0, 0.05) is 44.2 Å². The first kappa shape index (κ1) is 21.3. The van der Waals surface area contributed by atoms with Crippen molar-refractivity contribution < 1.29 is 14.3 Å². The number of carbonyl (C=O) groups excluding carboxylic acids is 1. The van der Waals surface area contributed by atoms with E-state index in [2.05, 4.69) is 21.6 Å². The van der Waals surface area contributed by atoms with Gasteiger partial charge in [0.2, 0.25) is 5.91 Å². The summed E-state index contributed by atoms with van der Waals surface area (Å²) in [5, 5.41) is 26.3. The summed E-state index contributed by atoms with van der Waals surface area (Å²) in [6, 6.07) is 17.5. The van der Waals surface area contributed by atoms with Crippen LogP contribution in [0.15, 0.2) is 54.6 Å². The molecule has 0 unspecified atom stereocenters. The average Bonchev–Trinajstić information content (AvgIpc) is 2.80. The molecule has 32 heavy (non-hydrogen) atoms. The third-order valence-electron chi connectivity index (χ3n) is 5.51. The zero-order valence-corrected chi connectivity index (χ0v) is 17.7. The van der Waals surface area contributed by atoms with Crippen molar-refractivity contribution in [3.63, 3.8) is 0 Å². The molecule has 3 aromatic carbocycles. The van der Waals surface area contributed by atoms with Crippen LogP contribution in [0.3, 0.4) is 0 Å². The van der Waals surface area contributed by atoms with Gasteiger partial charge in [0.15, 0.2) is 0 Å². The van der Waals surface area contributed by atoms with E-state index < -0.39 is 5.82 Å². The van der Waals surface area contributed by atoms with Crippen molar-refractivity contribution in [2.75, 3.05) is 36.4 Å². The molecule has 3 N–H and O–H groups in total. The Morgan fingerprint density at radius 1 is 1.09 bits per heavy atom. The molecule has 4 rings (SSSR count). The highest BCUT2D eigenvalue weighted by molar-refractivity contribution is 5.90. The van der Waals surface area contributed by atoms with Crippen LogP contribution in [0.4, 0.5) is 15.8 Å². The van der Waals surface area contributed by atoms with Crippen LogP contribution in [0.5, 0.6) is 5.75 Å². The SMILES string of the molecule is CC(=O)Nc1ccc(-c2cccc(-c3ccc(C#N)c(N4CCNCC4)c3)c2O)cc1F. The predicted octanol–water partition coefficient (Wildman–Crippen LogP) is 4.10. The van der Waals surface area contributed by atoms with E-state index in [1.807, 2.05) is 12.1 Å². The molecule has 6 nitrogen and oxygen atoms in total. The number of phenols is 1. The number of nitrogens with one attached hydrogen (secondary N) is 2. The summed E-state index contributed by atoms with van der Waals surface area (Å²) in [6.45, 7) is 4.59. The van der Waals surface area contributed by atoms with Gasteiger partial charge in [-0.2, -0.15) is 5.26 Å². The molecule has 0 bridgehead atoms. The molecule has 1 fully saturated rings. The number of piperazine rings is 1. The number of benzene rings is 3. The number of carbonyl (C=O) groups is 1. The van der Waals surface area contributed by atoms with Gasteiger partial charge in [0.1, 0.15) is 17.6 Å². The minimum Gasteiger partial charge on any atom is -0.507 e.